The molecule has 2 heterocycles. The monoisotopic (exact) mass is 491 g/mol. The summed E-state index contributed by atoms with van der Waals surface area (Å²) in [6.07, 6.45) is 0.982. The number of nitrogens with zero attached hydrogens (tertiary/aromatic N) is 2. The van der Waals surface area contributed by atoms with Gasteiger partial charge in [0.25, 0.3) is 5.56 Å². The Kier molecular flexibility index (Phi) is 6.92. The third kappa shape index (κ3) is 5.62. The number of anilines is 1. The van der Waals surface area contributed by atoms with Crippen LogP contribution in [0.3, 0.4) is 0 Å². The largest absolute Gasteiger partial charge is 0.336 e. The molecular formula is C27H30FN5O3. The van der Waals surface area contributed by atoms with Crippen molar-refractivity contribution in [3.05, 3.63) is 92.1 Å². The normalized spacial score (nSPS) is 12.6. The number of amides is 1. The predicted molar refractivity (Wildman–Crippen MR) is 138 cm³/mol. The number of aromatic amines is 2. The number of nitrogens with one attached hydrogen (secondary N) is 3. The number of benzene rings is 2. The van der Waals surface area contributed by atoms with Crippen LogP contribution in [0.1, 0.15) is 57.0 Å². The van der Waals surface area contributed by atoms with Crippen molar-refractivity contribution in [3.63, 3.8) is 0 Å². The molecule has 4 aromatic rings. The molecule has 0 aliphatic heterocycles. The maximum Gasteiger partial charge on any atom is 0.330 e. The van der Waals surface area contributed by atoms with Gasteiger partial charge in [0, 0.05) is 25.1 Å². The van der Waals surface area contributed by atoms with Crippen molar-refractivity contribution in [2.45, 2.75) is 53.0 Å². The topological polar surface area (TPSA) is 113 Å². The second-order valence-corrected chi connectivity index (χ2v) is 10.2. The van der Waals surface area contributed by atoms with Gasteiger partial charge in [-0.05, 0) is 47.6 Å². The van der Waals surface area contributed by atoms with E-state index in [1.165, 1.54) is 17.6 Å². The zero-order valence-electron chi connectivity index (χ0n) is 20.8. The lowest BCUT2D eigenvalue weighted by Gasteiger charge is -2.18. The second-order valence-electron chi connectivity index (χ2n) is 10.2. The van der Waals surface area contributed by atoms with Crippen LogP contribution in [0.5, 0.6) is 0 Å². The first kappa shape index (κ1) is 25.1. The van der Waals surface area contributed by atoms with E-state index in [1.807, 2.05) is 12.1 Å². The van der Waals surface area contributed by atoms with E-state index < -0.39 is 17.2 Å². The van der Waals surface area contributed by atoms with Gasteiger partial charge in [-0.1, -0.05) is 51.1 Å². The van der Waals surface area contributed by atoms with Crippen molar-refractivity contribution in [3.8, 4) is 0 Å². The fourth-order valence-corrected chi connectivity index (χ4v) is 4.14. The molecule has 0 fully saturated rings. The molecule has 0 aliphatic rings. The van der Waals surface area contributed by atoms with Crippen LogP contribution in [0.2, 0.25) is 0 Å². The molecular weight excluding hydrogens is 461 g/mol. The number of hydrogen-bond acceptors (Lipinski definition) is 4. The minimum Gasteiger partial charge on any atom is -0.336 e. The van der Waals surface area contributed by atoms with Crippen LogP contribution in [0, 0.1) is 11.2 Å². The van der Waals surface area contributed by atoms with Crippen molar-refractivity contribution in [2.24, 2.45) is 5.41 Å². The molecule has 0 saturated heterocycles. The molecule has 0 saturated carbocycles. The first-order chi connectivity index (χ1) is 17.0. The molecule has 3 N–H and O–H groups in total. The zero-order valence-corrected chi connectivity index (χ0v) is 20.8. The van der Waals surface area contributed by atoms with Crippen LogP contribution in [0.25, 0.3) is 11.2 Å². The minimum atomic E-state index is -0.550. The zero-order chi connectivity index (χ0) is 26.0. The van der Waals surface area contributed by atoms with E-state index in [-0.39, 0.29) is 34.7 Å². The Morgan fingerprint density at radius 3 is 2.42 bits per heavy atom. The van der Waals surface area contributed by atoms with Gasteiger partial charge in [-0.3, -0.25) is 19.1 Å². The SMILES string of the molecule is CC(=O)Nc1ccc(C(Cc2ccccc2F)c2nc3c([nH]2)c(=O)[nH]c(=O)n3CCC(C)(C)C)cc1. The average Bonchev–Trinajstić information content (AvgIpc) is 3.23. The Morgan fingerprint density at radius 2 is 1.78 bits per heavy atom. The first-order valence-corrected chi connectivity index (χ1v) is 11.9. The van der Waals surface area contributed by atoms with E-state index in [1.54, 1.807) is 30.3 Å². The summed E-state index contributed by atoms with van der Waals surface area (Å²) in [5, 5.41) is 2.73. The molecule has 9 heteroatoms. The van der Waals surface area contributed by atoms with E-state index in [0.29, 0.717) is 30.0 Å². The number of hydrogen-bond donors (Lipinski definition) is 3. The molecule has 2 aromatic heterocycles. The van der Waals surface area contributed by atoms with Crippen LogP contribution < -0.4 is 16.6 Å². The van der Waals surface area contributed by atoms with Crippen molar-refractivity contribution >= 4 is 22.8 Å². The Labute approximate surface area is 207 Å². The molecule has 8 nitrogen and oxygen atoms in total. The summed E-state index contributed by atoms with van der Waals surface area (Å²) in [6, 6.07) is 13.7. The number of aromatic nitrogens is 4. The summed E-state index contributed by atoms with van der Waals surface area (Å²) in [4.78, 5) is 46.9. The van der Waals surface area contributed by atoms with Gasteiger partial charge in [0.15, 0.2) is 5.65 Å². The van der Waals surface area contributed by atoms with Crippen LogP contribution in [-0.2, 0) is 17.8 Å². The van der Waals surface area contributed by atoms with Gasteiger partial charge >= 0.3 is 5.69 Å². The fraction of sp³-hybridized carbons (Fsp3) is 0.333. The third-order valence-electron chi connectivity index (χ3n) is 6.08. The number of H-pyrrole nitrogens is 2. The van der Waals surface area contributed by atoms with E-state index in [0.717, 1.165) is 5.56 Å². The molecule has 4 rings (SSSR count). The van der Waals surface area contributed by atoms with Gasteiger partial charge in [-0.25, -0.2) is 14.2 Å². The molecule has 1 atom stereocenters. The van der Waals surface area contributed by atoms with Gasteiger partial charge in [-0.15, -0.1) is 0 Å². The van der Waals surface area contributed by atoms with Crippen LogP contribution in [-0.4, -0.2) is 25.4 Å². The van der Waals surface area contributed by atoms with Crippen molar-refractivity contribution in [1.29, 1.82) is 0 Å². The standard InChI is InChI=1S/C27H30FN5O3/c1-16(34)29-19-11-9-17(10-12-19)20(15-18-7-5-6-8-21(18)28)23-30-22-24(31-23)33(14-13-27(2,3)4)26(36)32-25(22)35/h5-12,20H,13-15H2,1-4H3,(H,29,34)(H,30,31)(H,32,35,36). The third-order valence-corrected chi connectivity index (χ3v) is 6.08. The number of imidazole rings is 1. The molecule has 2 aromatic carbocycles. The smallest absolute Gasteiger partial charge is 0.330 e. The van der Waals surface area contributed by atoms with Crippen molar-refractivity contribution < 1.29 is 9.18 Å². The first-order valence-electron chi connectivity index (χ1n) is 11.9. The van der Waals surface area contributed by atoms with Crippen LogP contribution in [0.4, 0.5) is 10.1 Å². The number of halogens is 1. The Hall–Kier alpha value is -4.01. The van der Waals surface area contributed by atoms with E-state index >= 15 is 0 Å². The van der Waals surface area contributed by atoms with Crippen molar-refractivity contribution in [1.82, 2.24) is 19.5 Å². The highest BCUT2D eigenvalue weighted by Crippen LogP contribution is 2.30. The summed E-state index contributed by atoms with van der Waals surface area (Å²) in [6.45, 7) is 8.05. The predicted octanol–water partition coefficient (Wildman–Crippen LogP) is 4.32. The molecule has 1 unspecified atom stereocenters. The second kappa shape index (κ2) is 9.93. The number of rotatable bonds is 7. The summed E-state index contributed by atoms with van der Waals surface area (Å²) >= 11 is 0. The van der Waals surface area contributed by atoms with Gasteiger partial charge in [-0.2, -0.15) is 0 Å². The number of aryl methyl sites for hydroxylation is 1. The fourth-order valence-electron chi connectivity index (χ4n) is 4.14. The maximum absolute atomic E-state index is 14.6. The van der Waals surface area contributed by atoms with Crippen molar-refractivity contribution in [2.75, 3.05) is 5.32 Å². The quantitative estimate of drug-likeness (QED) is 0.357. The number of carbonyl (C=O) groups is 1. The highest BCUT2D eigenvalue weighted by Gasteiger charge is 2.23. The number of fused-ring (bicyclic) bond motifs is 1. The molecule has 0 spiro atoms. The van der Waals surface area contributed by atoms with Crippen LogP contribution in [0.15, 0.2) is 58.1 Å². The molecule has 0 radical (unpaired) electrons. The van der Waals surface area contributed by atoms with Gasteiger partial charge in [0.05, 0.1) is 0 Å². The number of carbonyl (C=O) groups excluding carboxylic acids is 1. The van der Waals surface area contributed by atoms with E-state index in [9.17, 15) is 18.8 Å². The summed E-state index contributed by atoms with van der Waals surface area (Å²) in [7, 11) is 0. The molecule has 0 aliphatic carbocycles. The molecule has 188 valence electrons. The molecule has 0 bridgehead atoms. The summed E-state index contributed by atoms with van der Waals surface area (Å²) in [5.41, 5.74) is 1.33. The lowest BCUT2D eigenvalue weighted by atomic mass is 9.91. The summed E-state index contributed by atoms with van der Waals surface area (Å²) in [5.74, 6) is -0.517. The van der Waals surface area contributed by atoms with Gasteiger partial charge < -0.3 is 10.3 Å². The molecule has 1 amide bonds. The maximum atomic E-state index is 14.6. The molecule has 36 heavy (non-hydrogen) atoms. The van der Waals surface area contributed by atoms with E-state index in [4.69, 9.17) is 4.98 Å². The Bertz CT molecular complexity index is 1510. The lowest BCUT2D eigenvalue weighted by Crippen LogP contribution is -2.31. The van der Waals surface area contributed by atoms with Gasteiger partial charge in [0.1, 0.15) is 17.2 Å². The van der Waals surface area contributed by atoms with Gasteiger partial charge in [0.2, 0.25) is 5.91 Å². The summed E-state index contributed by atoms with van der Waals surface area (Å²) < 4.78 is 16.1. The van der Waals surface area contributed by atoms with Crippen LogP contribution >= 0.6 is 0 Å². The van der Waals surface area contributed by atoms with E-state index in [2.05, 4.69) is 36.1 Å². The Morgan fingerprint density at radius 1 is 1.08 bits per heavy atom. The Balaban J connectivity index is 1.83. The lowest BCUT2D eigenvalue weighted by molar-refractivity contribution is -0.114. The highest BCUT2D eigenvalue weighted by molar-refractivity contribution is 5.88. The average molecular weight is 492 g/mol. The minimum absolute atomic E-state index is 0.0237. The highest BCUT2D eigenvalue weighted by atomic mass is 19.1.